The van der Waals surface area contributed by atoms with E-state index in [-0.39, 0.29) is 13.2 Å². The van der Waals surface area contributed by atoms with Gasteiger partial charge in [0.2, 0.25) is 0 Å². The molecule has 1 heterocycles. The maximum Gasteiger partial charge on any atom is 0.132 e. The highest BCUT2D eigenvalue weighted by molar-refractivity contribution is 5.36. The molecule has 2 aromatic rings. The van der Waals surface area contributed by atoms with Gasteiger partial charge in [-0.1, -0.05) is 17.3 Å². The Bertz CT molecular complexity index is 596. The zero-order chi connectivity index (χ0) is 15.2. The molecule has 1 aromatic carbocycles. The number of benzene rings is 1. The highest BCUT2D eigenvalue weighted by atomic mass is 16.5. The zero-order valence-corrected chi connectivity index (χ0v) is 12.4. The van der Waals surface area contributed by atoms with Crippen molar-refractivity contribution in [3.63, 3.8) is 0 Å². The highest BCUT2D eigenvalue weighted by Crippen LogP contribution is 2.21. The smallest absolute Gasteiger partial charge is 0.132 e. The van der Waals surface area contributed by atoms with Crippen LogP contribution in [0.15, 0.2) is 18.2 Å². The Hall–Kier alpha value is -1.92. The van der Waals surface area contributed by atoms with Crippen molar-refractivity contribution in [2.24, 2.45) is 0 Å². The van der Waals surface area contributed by atoms with E-state index in [1.807, 2.05) is 32.0 Å². The minimum absolute atomic E-state index is 0.0889. The van der Waals surface area contributed by atoms with Gasteiger partial charge in [-0.05, 0) is 37.5 Å². The van der Waals surface area contributed by atoms with Gasteiger partial charge in [0.25, 0.3) is 0 Å². The van der Waals surface area contributed by atoms with E-state index >= 15 is 0 Å². The van der Waals surface area contributed by atoms with Crippen molar-refractivity contribution in [1.29, 1.82) is 0 Å². The second kappa shape index (κ2) is 7.19. The van der Waals surface area contributed by atoms with Crippen molar-refractivity contribution >= 4 is 0 Å². The fraction of sp³-hybridized carbons (Fsp3) is 0.467. The van der Waals surface area contributed by atoms with Crippen LogP contribution in [-0.4, -0.2) is 31.8 Å². The molecule has 0 unspecified atom stereocenters. The molecule has 114 valence electrons. The van der Waals surface area contributed by atoms with Crippen LogP contribution in [-0.2, 0) is 19.8 Å². The van der Waals surface area contributed by atoms with Gasteiger partial charge in [-0.3, -0.25) is 0 Å². The van der Waals surface area contributed by atoms with Gasteiger partial charge in [0, 0.05) is 13.2 Å². The Morgan fingerprint density at radius 2 is 2.05 bits per heavy atom. The Morgan fingerprint density at radius 1 is 1.24 bits per heavy atom. The van der Waals surface area contributed by atoms with Crippen LogP contribution in [0, 0.1) is 13.8 Å². The second-order valence-corrected chi connectivity index (χ2v) is 5.00. The number of aromatic nitrogens is 3. The molecule has 2 rings (SSSR count). The van der Waals surface area contributed by atoms with Gasteiger partial charge in [0.15, 0.2) is 0 Å². The van der Waals surface area contributed by atoms with Gasteiger partial charge < -0.3 is 14.9 Å². The molecule has 0 bridgehead atoms. The molecule has 0 aliphatic carbocycles. The monoisotopic (exact) mass is 291 g/mol. The molecule has 0 spiro atoms. The molecule has 1 aromatic heterocycles. The topological polar surface area (TPSA) is 80.4 Å². The molecule has 0 saturated heterocycles. The third-order valence-corrected chi connectivity index (χ3v) is 3.30. The van der Waals surface area contributed by atoms with Crippen LogP contribution in [0.25, 0.3) is 0 Å². The van der Waals surface area contributed by atoms with E-state index in [0.717, 1.165) is 22.6 Å². The molecular formula is C15H21N3O3. The number of aliphatic hydroxyl groups is 2. The average molecular weight is 291 g/mol. The predicted octanol–water partition coefficient (Wildman–Crippen LogP) is 1.35. The van der Waals surface area contributed by atoms with Gasteiger partial charge in [-0.15, -0.1) is 5.10 Å². The van der Waals surface area contributed by atoms with Crippen molar-refractivity contribution in [1.82, 2.24) is 15.0 Å². The Labute approximate surface area is 124 Å². The summed E-state index contributed by atoms with van der Waals surface area (Å²) in [4.78, 5) is 0. The van der Waals surface area contributed by atoms with E-state index in [4.69, 9.17) is 9.84 Å². The quantitative estimate of drug-likeness (QED) is 0.805. The molecule has 6 heteroatoms. The summed E-state index contributed by atoms with van der Waals surface area (Å²) in [5.74, 6) is 0.814. The van der Waals surface area contributed by atoms with E-state index < -0.39 is 0 Å². The van der Waals surface area contributed by atoms with E-state index in [2.05, 4.69) is 10.3 Å². The van der Waals surface area contributed by atoms with Crippen LogP contribution < -0.4 is 4.74 Å². The Balaban J connectivity index is 2.14. The molecule has 0 saturated carbocycles. The lowest BCUT2D eigenvalue weighted by Crippen LogP contribution is -2.11. The fourth-order valence-electron chi connectivity index (χ4n) is 2.06. The lowest BCUT2D eigenvalue weighted by molar-refractivity contribution is 0.255. The first-order valence-corrected chi connectivity index (χ1v) is 6.98. The number of hydrogen-bond donors (Lipinski definition) is 2. The third-order valence-electron chi connectivity index (χ3n) is 3.30. The Kier molecular flexibility index (Phi) is 5.30. The van der Waals surface area contributed by atoms with Gasteiger partial charge in [0.1, 0.15) is 23.7 Å². The van der Waals surface area contributed by atoms with E-state index in [1.54, 1.807) is 4.68 Å². The lowest BCUT2D eigenvalue weighted by Gasteiger charge is -2.11. The van der Waals surface area contributed by atoms with Crippen LogP contribution in [0.3, 0.4) is 0 Å². The first-order chi connectivity index (χ1) is 10.2. The summed E-state index contributed by atoms with van der Waals surface area (Å²) >= 11 is 0. The summed E-state index contributed by atoms with van der Waals surface area (Å²) in [5, 5.41) is 26.2. The molecule has 0 amide bonds. The summed E-state index contributed by atoms with van der Waals surface area (Å²) in [7, 11) is 0. The number of hydrogen-bond acceptors (Lipinski definition) is 5. The molecule has 2 N–H and O–H groups in total. The number of nitrogens with zero attached hydrogens (tertiary/aromatic N) is 3. The SMILES string of the molecule is Cc1ccc(C)c(OCc2c(CO)nnn2CCCO)c1. The maximum absolute atomic E-state index is 9.33. The number of aryl methyl sites for hydroxylation is 3. The second-order valence-electron chi connectivity index (χ2n) is 5.00. The summed E-state index contributed by atoms with van der Waals surface area (Å²) in [6.45, 7) is 4.76. The van der Waals surface area contributed by atoms with Gasteiger partial charge in [0.05, 0.1) is 6.61 Å². The van der Waals surface area contributed by atoms with Crippen molar-refractivity contribution in [2.45, 2.75) is 40.0 Å². The van der Waals surface area contributed by atoms with Crippen molar-refractivity contribution in [2.75, 3.05) is 6.61 Å². The predicted molar refractivity (Wildman–Crippen MR) is 77.9 cm³/mol. The highest BCUT2D eigenvalue weighted by Gasteiger charge is 2.13. The third kappa shape index (κ3) is 3.80. The maximum atomic E-state index is 9.33. The van der Waals surface area contributed by atoms with Crippen LogP contribution >= 0.6 is 0 Å². The van der Waals surface area contributed by atoms with Crippen molar-refractivity contribution in [3.8, 4) is 5.75 Å². The molecule has 0 aliphatic heterocycles. The first-order valence-electron chi connectivity index (χ1n) is 6.98. The minimum atomic E-state index is -0.176. The number of rotatable bonds is 7. The van der Waals surface area contributed by atoms with Crippen molar-refractivity contribution in [3.05, 3.63) is 40.7 Å². The van der Waals surface area contributed by atoms with E-state index in [9.17, 15) is 5.11 Å². The normalized spacial score (nSPS) is 10.9. The van der Waals surface area contributed by atoms with Crippen molar-refractivity contribution < 1.29 is 14.9 Å². The number of ether oxygens (including phenoxy) is 1. The summed E-state index contributed by atoms with van der Waals surface area (Å²) in [5.41, 5.74) is 3.44. The molecule has 0 radical (unpaired) electrons. The van der Waals surface area contributed by atoms with Gasteiger partial charge in [-0.25, -0.2) is 4.68 Å². The molecular weight excluding hydrogens is 270 g/mol. The molecule has 0 aliphatic rings. The average Bonchev–Trinajstić information content (AvgIpc) is 2.88. The van der Waals surface area contributed by atoms with Gasteiger partial charge >= 0.3 is 0 Å². The van der Waals surface area contributed by atoms with Crippen LogP contribution in [0.1, 0.15) is 28.9 Å². The molecule has 0 fully saturated rings. The Morgan fingerprint density at radius 3 is 2.76 bits per heavy atom. The summed E-state index contributed by atoms with van der Waals surface area (Å²) in [6, 6.07) is 6.03. The van der Waals surface area contributed by atoms with Crippen LogP contribution in [0.5, 0.6) is 5.75 Å². The number of aliphatic hydroxyl groups excluding tert-OH is 2. The van der Waals surface area contributed by atoms with E-state index in [1.165, 1.54) is 0 Å². The van der Waals surface area contributed by atoms with Crippen LogP contribution in [0.2, 0.25) is 0 Å². The summed E-state index contributed by atoms with van der Waals surface area (Å²) in [6.07, 6.45) is 0.588. The molecule has 0 atom stereocenters. The minimum Gasteiger partial charge on any atom is -0.487 e. The van der Waals surface area contributed by atoms with Gasteiger partial charge in [-0.2, -0.15) is 0 Å². The van der Waals surface area contributed by atoms with E-state index in [0.29, 0.717) is 25.3 Å². The van der Waals surface area contributed by atoms with Crippen LogP contribution in [0.4, 0.5) is 0 Å². The first kappa shape index (κ1) is 15.5. The largest absolute Gasteiger partial charge is 0.487 e. The molecule has 21 heavy (non-hydrogen) atoms. The standard InChI is InChI=1S/C15H21N3O3/c1-11-4-5-12(2)15(8-11)21-10-14-13(9-20)16-17-18(14)6-3-7-19/h4-5,8,19-20H,3,6-7,9-10H2,1-2H3. The lowest BCUT2D eigenvalue weighted by atomic mass is 10.1. The molecule has 6 nitrogen and oxygen atoms in total. The fourth-order valence-corrected chi connectivity index (χ4v) is 2.06. The zero-order valence-electron chi connectivity index (χ0n) is 12.4. The summed E-state index contributed by atoms with van der Waals surface area (Å²) < 4.78 is 7.52.